The minimum Gasteiger partial charge on any atom is -0.478 e. The van der Waals surface area contributed by atoms with Crippen LogP contribution in [0.3, 0.4) is 0 Å². The van der Waals surface area contributed by atoms with E-state index in [0.29, 0.717) is 0 Å². The summed E-state index contributed by atoms with van der Waals surface area (Å²) in [4.78, 5) is 42.0. The fourth-order valence-corrected chi connectivity index (χ4v) is 1.42. The third kappa shape index (κ3) is 10.6. The maximum Gasteiger partial charge on any atom is 0.335 e. The zero-order valence-electron chi connectivity index (χ0n) is 14.4. The minimum absolute atomic E-state index is 0.0180. The number of rotatable bonds is 9. The monoisotopic (exact) mass is 370 g/mol. The van der Waals surface area contributed by atoms with Gasteiger partial charge in [0, 0.05) is 35.7 Å². The van der Waals surface area contributed by atoms with Crippen molar-refractivity contribution in [1.82, 2.24) is 0 Å². The van der Waals surface area contributed by atoms with Gasteiger partial charge in [-0.15, -0.1) is 0 Å². The molecule has 0 aliphatic heterocycles. The number of hydrogen-bond donors (Lipinski definition) is 5. The van der Waals surface area contributed by atoms with Crippen LogP contribution >= 0.6 is 0 Å². The lowest BCUT2D eigenvalue weighted by Gasteiger charge is -2.08. The molecule has 0 aromatic rings. The Labute approximate surface area is 149 Å². The topological polar surface area (TPSA) is 169 Å². The molecule has 9 heteroatoms. The van der Waals surface area contributed by atoms with E-state index in [1.54, 1.807) is 0 Å². The van der Waals surface area contributed by atoms with Crippen LogP contribution in [-0.2, 0) is 19.2 Å². The van der Waals surface area contributed by atoms with Crippen molar-refractivity contribution in [3.63, 3.8) is 0 Å². The second-order valence-corrected chi connectivity index (χ2v) is 5.06. The Kier molecular flexibility index (Phi) is 11.8. The number of carboxylic acid groups (broad SMARTS) is 4. The van der Waals surface area contributed by atoms with Crippen LogP contribution < -0.4 is 0 Å². The molecule has 0 spiro atoms. The molecule has 0 heterocycles. The first kappa shape index (κ1) is 25.0. The fraction of sp³-hybridized carbons (Fsp3) is 0.294. The summed E-state index contributed by atoms with van der Waals surface area (Å²) in [5, 5.41) is 42.5. The molecule has 1 atom stereocenters. The lowest BCUT2D eigenvalue weighted by molar-refractivity contribution is -0.134. The smallest absolute Gasteiger partial charge is 0.335 e. The third-order valence-corrected chi connectivity index (χ3v) is 2.90. The van der Waals surface area contributed by atoms with Gasteiger partial charge in [0.1, 0.15) is 0 Å². The molecule has 5 N–H and O–H groups in total. The molecular weight excluding hydrogens is 348 g/mol. The number of aliphatic carboxylic acids is 4. The van der Waals surface area contributed by atoms with Crippen molar-refractivity contribution < 1.29 is 44.7 Å². The summed E-state index contributed by atoms with van der Waals surface area (Å²) >= 11 is 0. The van der Waals surface area contributed by atoms with Gasteiger partial charge in [-0.1, -0.05) is 26.2 Å². The van der Waals surface area contributed by atoms with Crippen molar-refractivity contribution in [2.45, 2.75) is 20.3 Å². The number of hydrogen-bond acceptors (Lipinski definition) is 5. The first-order valence-electron chi connectivity index (χ1n) is 7.15. The van der Waals surface area contributed by atoms with E-state index >= 15 is 0 Å². The molecule has 144 valence electrons. The van der Waals surface area contributed by atoms with Crippen molar-refractivity contribution in [1.29, 1.82) is 0 Å². The van der Waals surface area contributed by atoms with Crippen LogP contribution in [0.4, 0.5) is 0 Å². The predicted octanol–water partition coefficient (Wildman–Crippen LogP) is 1.31. The normalized spacial score (nSPS) is 12.3. The quantitative estimate of drug-likeness (QED) is 0.296. The van der Waals surface area contributed by atoms with E-state index < -0.39 is 29.8 Å². The van der Waals surface area contributed by atoms with Gasteiger partial charge in [-0.05, 0) is 13.0 Å². The Morgan fingerprint density at radius 1 is 0.923 bits per heavy atom. The highest BCUT2D eigenvalue weighted by molar-refractivity contribution is 5.95. The summed E-state index contributed by atoms with van der Waals surface area (Å²) in [7, 11) is 0. The van der Waals surface area contributed by atoms with Crippen LogP contribution in [0.15, 0.2) is 47.6 Å². The molecule has 26 heavy (non-hydrogen) atoms. The highest BCUT2D eigenvalue weighted by Gasteiger charge is 2.17. The Hall–Kier alpha value is -3.20. The van der Waals surface area contributed by atoms with E-state index in [-0.39, 0.29) is 35.3 Å². The van der Waals surface area contributed by atoms with Gasteiger partial charge in [0.25, 0.3) is 0 Å². The first-order valence-corrected chi connectivity index (χ1v) is 7.15. The second-order valence-electron chi connectivity index (χ2n) is 5.06. The van der Waals surface area contributed by atoms with E-state index in [0.717, 1.165) is 6.08 Å². The van der Waals surface area contributed by atoms with Crippen molar-refractivity contribution in [3.05, 3.63) is 47.6 Å². The molecule has 9 nitrogen and oxygen atoms in total. The molecule has 0 fully saturated rings. The summed E-state index contributed by atoms with van der Waals surface area (Å²) < 4.78 is 0. The molecular formula is C17H22O9. The molecule has 0 saturated heterocycles. The van der Waals surface area contributed by atoms with Gasteiger partial charge in [0.15, 0.2) is 0 Å². The average Bonchev–Trinajstić information content (AvgIpc) is 2.52. The summed E-state index contributed by atoms with van der Waals surface area (Å²) in [6, 6.07) is 0. The maximum absolute atomic E-state index is 11.0. The van der Waals surface area contributed by atoms with Crippen molar-refractivity contribution >= 4 is 23.9 Å². The molecule has 0 amide bonds. The van der Waals surface area contributed by atoms with E-state index in [2.05, 4.69) is 13.2 Å². The fourth-order valence-electron chi connectivity index (χ4n) is 1.42. The molecule has 0 aliphatic rings. The summed E-state index contributed by atoms with van der Waals surface area (Å²) in [6.07, 6.45) is 2.30. The van der Waals surface area contributed by atoms with Gasteiger partial charge < -0.3 is 25.5 Å². The van der Waals surface area contributed by atoms with E-state index in [4.69, 9.17) is 25.5 Å². The minimum atomic E-state index is -1.33. The van der Waals surface area contributed by atoms with Gasteiger partial charge in [0.2, 0.25) is 0 Å². The molecule has 0 aromatic heterocycles. The summed E-state index contributed by atoms with van der Waals surface area (Å²) in [5.41, 5.74) is -0.577. The maximum atomic E-state index is 11.0. The molecule has 0 saturated carbocycles. The Bertz CT molecular complexity index is 653. The largest absolute Gasteiger partial charge is 0.478 e. The lowest BCUT2D eigenvalue weighted by Crippen LogP contribution is -2.11. The number of aliphatic hydroxyl groups is 1. The van der Waals surface area contributed by atoms with Crippen molar-refractivity contribution in [3.8, 4) is 0 Å². The highest BCUT2D eigenvalue weighted by Crippen LogP contribution is 2.17. The van der Waals surface area contributed by atoms with E-state index in [1.165, 1.54) is 19.9 Å². The molecule has 1 unspecified atom stereocenters. The SMILES string of the molecule is C=C(C=C(C(=O)O)C(C)C=C(C)C(=O)O)C(=O)O.C=C(CCO)C(=O)O. The van der Waals surface area contributed by atoms with Gasteiger partial charge in [0.05, 0.1) is 5.57 Å². The van der Waals surface area contributed by atoms with Crippen LogP contribution in [0.2, 0.25) is 0 Å². The Morgan fingerprint density at radius 3 is 1.69 bits per heavy atom. The highest BCUT2D eigenvalue weighted by atomic mass is 16.4. The van der Waals surface area contributed by atoms with Crippen molar-refractivity contribution in [2.75, 3.05) is 6.61 Å². The molecule has 0 rings (SSSR count). The van der Waals surface area contributed by atoms with Gasteiger partial charge in [-0.2, -0.15) is 0 Å². The predicted molar refractivity (Wildman–Crippen MR) is 91.5 cm³/mol. The second kappa shape index (κ2) is 12.2. The van der Waals surface area contributed by atoms with Crippen LogP contribution in [0, 0.1) is 5.92 Å². The van der Waals surface area contributed by atoms with Crippen LogP contribution in [0.1, 0.15) is 20.3 Å². The van der Waals surface area contributed by atoms with E-state index in [9.17, 15) is 19.2 Å². The number of aliphatic hydroxyl groups excluding tert-OH is 1. The average molecular weight is 370 g/mol. The number of allylic oxidation sites excluding steroid dienone is 1. The van der Waals surface area contributed by atoms with Crippen molar-refractivity contribution in [2.24, 2.45) is 5.92 Å². The molecule has 0 aliphatic carbocycles. The Balaban J connectivity index is 0. The number of carbonyl (C=O) groups is 4. The lowest BCUT2D eigenvalue weighted by atomic mass is 9.96. The van der Waals surface area contributed by atoms with Gasteiger partial charge in [-0.25, -0.2) is 19.2 Å². The Morgan fingerprint density at radius 2 is 1.42 bits per heavy atom. The van der Waals surface area contributed by atoms with Gasteiger partial charge >= 0.3 is 23.9 Å². The molecule has 0 bridgehead atoms. The van der Waals surface area contributed by atoms with Crippen LogP contribution in [0.5, 0.6) is 0 Å². The van der Waals surface area contributed by atoms with E-state index in [1.807, 2.05) is 0 Å². The zero-order chi connectivity index (χ0) is 21.0. The summed E-state index contributed by atoms with van der Waals surface area (Å²) in [5.74, 6) is -5.60. The molecule has 0 aromatic carbocycles. The summed E-state index contributed by atoms with van der Waals surface area (Å²) in [6.45, 7) is 9.02. The third-order valence-electron chi connectivity index (χ3n) is 2.90. The molecule has 0 radical (unpaired) electrons. The van der Waals surface area contributed by atoms with Crippen LogP contribution in [0.25, 0.3) is 0 Å². The van der Waals surface area contributed by atoms with Gasteiger partial charge in [-0.3, -0.25) is 0 Å². The first-order chi connectivity index (χ1) is 11.8. The van der Waals surface area contributed by atoms with Crippen LogP contribution in [-0.4, -0.2) is 56.0 Å². The number of carboxylic acids is 4. The standard InChI is InChI=1S/C12H14O6.C5H8O3/c1-6(4-7(2)10(13)14)9(12(17)18)5-8(3)11(15)16;1-4(2-3-6)5(7)8/h4-6H,3H2,1-2H3,(H,13,14)(H,15,16)(H,17,18);6H,1-3H2,(H,7,8). The zero-order valence-corrected chi connectivity index (χ0v) is 14.4.